The highest BCUT2D eigenvalue weighted by Gasteiger charge is 2.03. The Bertz CT molecular complexity index is 443. The highest BCUT2D eigenvalue weighted by molar-refractivity contribution is 5.81. The molecule has 1 aromatic heterocycles. The van der Waals surface area contributed by atoms with Gasteiger partial charge in [0.25, 0.3) is 0 Å². The van der Waals surface area contributed by atoms with E-state index < -0.39 is 0 Å². The van der Waals surface area contributed by atoms with Crippen molar-refractivity contribution in [3.63, 3.8) is 0 Å². The molecule has 2 rings (SSSR count). The third kappa shape index (κ3) is 2.05. The molecule has 0 radical (unpaired) electrons. The van der Waals surface area contributed by atoms with E-state index in [0.29, 0.717) is 0 Å². The van der Waals surface area contributed by atoms with Crippen molar-refractivity contribution in [3.8, 4) is 0 Å². The predicted molar refractivity (Wildman–Crippen MR) is 64.9 cm³/mol. The number of fused-ring (bicyclic) bond motifs is 1. The van der Waals surface area contributed by atoms with Gasteiger partial charge in [-0.1, -0.05) is 25.1 Å². The largest absolute Gasteiger partial charge is 0.346 e. The third-order valence-electron chi connectivity index (χ3n) is 2.78. The van der Waals surface area contributed by atoms with Crippen LogP contribution in [0.25, 0.3) is 10.9 Å². The summed E-state index contributed by atoms with van der Waals surface area (Å²) in [7, 11) is 2.13. The zero-order valence-electron chi connectivity index (χ0n) is 9.46. The van der Waals surface area contributed by atoms with Gasteiger partial charge in [-0.15, -0.1) is 0 Å². The highest BCUT2D eigenvalue weighted by Crippen LogP contribution is 2.17. The van der Waals surface area contributed by atoms with E-state index in [4.69, 9.17) is 0 Å². The topological polar surface area (TPSA) is 17.0 Å². The van der Waals surface area contributed by atoms with Gasteiger partial charge in [-0.05, 0) is 30.5 Å². The Kier molecular flexibility index (Phi) is 3.07. The Hall–Kier alpha value is -1.28. The van der Waals surface area contributed by atoms with E-state index in [-0.39, 0.29) is 0 Å². The zero-order chi connectivity index (χ0) is 10.7. The molecule has 15 heavy (non-hydrogen) atoms. The van der Waals surface area contributed by atoms with Gasteiger partial charge < -0.3 is 9.88 Å². The van der Waals surface area contributed by atoms with Crippen molar-refractivity contribution in [1.82, 2.24) is 9.88 Å². The number of nitrogens with one attached hydrogen (secondary N) is 1. The first kappa shape index (κ1) is 10.2. The van der Waals surface area contributed by atoms with Crippen molar-refractivity contribution in [3.05, 3.63) is 36.0 Å². The van der Waals surface area contributed by atoms with Crippen LogP contribution in [0.15, 0.2) is 30.3 Å². The summed E-state index contributed by atoms with van der Waals surface area (Å²) in [6.45, 7) is 4.23. The van der Waals surface area contributed by atoms with E-state index in [1.165, 1.54) is 23.0 Å². The number of hydrogen-bond acceptors (Lipinski definition) is 1. The quantitative estimate of drug-likeness (QED) is 0.754. The van der Waals surface area contributed by atoms with Crippen LogP contribution in [0.4, 0.5) is 0 Å². The lowest BCUT2D eigenvalue weighted by atomic mass is 10.2. The van der Waals surface area contributed by atoms with Crippen molar-refractivity contribution in [2.75, 3.05) is 6.54 Å². The fourth-order valence-corrected chi connectivity index (χ4v) is 1.91. The number of nitrogens with zero attached hydrogens (tertiary/aromatic N) is 1. The van der Waals surface area contributed by atoms with Crippen LogP contribution in [0.5, 0.6) is 0 Å². The molecular weight excluding hydrogens is 184 g/mol. The molecule has 80 valence electrons. The van der Waals surface area contributed by atoms with Gasteiger partial charge in [0.15, 0.2) is 0 Å². The summed E-state index contributed by atoms with van der Waals surface area (Å²) in [4.78, 5) is 0. The molecule has 2 heteroatoms. The van der Waals surface area contributed by atoms with E-state index in [1.54, 1.807) is 0 Å². The second kappa shape index (κ2) is 4.49. The van der Waals surface area contributed by atoms with Crippen LogP contribution in [0.3, 0.4) is 0 Å². The molecule has 1 N–H and O–H groups in total. The number of aromatic nitrogens is 1. The average molecular weight is 202 g/mol. The van der Waals surface area contributed by atoms with Gasteiger partial charge in [-0.2, -0.15) is 0 Å². The van der Waals surface area contributed by atoms with Crippen LogP contribution in [0, 0.1) is 0 Å². The maximum Gasteiger partial charge on any atom is 0.0480 e. The Morgan fingerprint density at radius 1 is 1.27 bits per heavy atom. The molecule has 0 aliphatic heterocycles. The van der Waals surface area contributed by atoms with Crippen LogP contribution in [0.2, 0.25) is 0 Å². The number of benzene rings is 1. The Morgan fingerprint density at radius 2 is 2.07 bits per heavy atom. The standard InChI is InChI=1S/C13H18N2/c1-3-8-14-10-12-9-11-6-4-5-7-13(11)15(12)2/h4-7,9,14H,3,8,10H2,1-2H3. The first-order chi connectivity index (χ1) is 7.33. The molecular formula is C13H18N2. The summed E-state index contributed by atoms with van der Waals surface area (Å²) in [6.07, 6.45) is 1.18. The van der Waals surface area contributed by atoms with Crippen LogP contribution in [-0.4, -0.2) is 11.1 Å². The van der Waals surface area contributed by atoms with Gasteiger partial charge in [-0.25, -0.2) is 0 Å². The second-order valence-electron chi connectivity index (χ2n) is 3.93. The van der Waals surface area contributed by atoms with Gasteiger partial charge >= 0.3 is 0 Å². The number of rotatable bonds is 4. The fourth-order valence-electron chi connectivity index (χ4n) is 1.91. The van der Waals surface area contributed by atoms with E-state index in [0.717, 1.165) is 13.1 Å². The fraction of sp³-hybridized carbons (Fsp3) is 0.385. The van der Waals surface area contributed by atoms with Crippen molar-refractivity contribution in [2.24, 2.45) is 7.05 Å². The SMILES string of the molecule is CCCNCc1cc2ccccc2n1C. The van der Waals surface area contributed by atoms with Crippen molar-refractivity contribution >= 4 is 10.9 Å². The molecule has 0 saturated carbocycles. The van der Waals surface area contributed by atoms with Crippen molar-refractivity contribution in [2.45, 2.75) is 19.9 Å². The van der Waals surface area contributed by atoms with E-state index in [1.807, 2.05) is 0 Å². The van der Waals surface area contributed by atoms with E-state index in [9.17, 15) is 0 Å². The molecule has 2 nitrogen and oxygen atoms in total. The lowest BCUT2D eigenvalue weighted by molar-refractivity contribution is 0.648. The molecule has 0 aliphatic carbocycles. The summed E-state index contributed by atoms with van der Waals surface area (Å²) < 4.78 is 2.26. The average Bonchev–Trinajstić information content (AvgIpc) is 2.57. The maximum atomic E-state index is 3.43. The second-order valence-corrected chi connectivity index (χ2v) is 3.93. The monoisotopic (exact) mass is 202 g/mol. The molecule has 0 amide bonds. The van der Waals surface area contributed by atoms with Gasteiger partial charge in [0.1, 0.15) is 0 Å². The molecule has 0 fully saturated rings. The first-order valence-corrected chi connectivity index (χ1v) is 5.57. The minimum Gasteiger partial charge on any atom is -0.346 e. The smallest absolute Gasteiger partial charge is 0.0480 e. The predicted octanol–water partition coefficient (Wildman–Crippen LogP) is 2.68. The van der Waals surface area contributed by atoms with Crippen LogP contribution >= 0.6 is 0 Å². The Morgan fingerprint density at radius 3 is 2.80 bits per heavy atom. The number of para-hydroxylation sites is 1. The summed E-state index contributed by atoms with van der Waals surface area (Å²) in [5.41, 5.74) is 2.66. The van der Waals surface area contributed by atoms with Crippen molar-refractivity contribution < 1.29 is 0 Å². The molecule has 1 aromatic carbocycles. The number of hydrogen-bond donors (Lipinski definition) is 1. The molecule has 1 heterocycles. The minimum atomic E-state index is 0.957. The molecule has 0 unspecified atom stereocenters. The number of aryl methyl sites for hydroxylation is 1. The summed E-state index contributed by atoms with van der Waals surface area (Å²) in [5, 5.41) is 4.76. The summed E-state index contributed by atoms with van der Waals surface area (Å²) in [5.74, 6) is 0. The third-order valence-corrected chi connectivity index (χ3v) is 2.78. The zero-order valence-corrected chi connectivity index (χ0v) is 9.46. The Labute approximate surface area is 90.9 Å². The minimum absolute atomic E-state index is 0.957. The van der Waals surface area contributed by atoms with Gasteiger partial charge in [0.2, 0.25) is 0 Å². The summed E-state index contributed by atoms with van der Waals surface area (Å²) >= 11 is 0. The molecule has 0 saturated heterocycles. The first-order valence-electron chi connectivity index (χ1n) is 5.57. The molecule has 2 aromatic rings. The Balaban J connectivity index is 2.24. The lowest BCUT2D eigenvalue weighted by Gasteiger charge is -2.05. The molecule has 0 spiro atoms. The van der Waals surface area contributed by atoms with Gasteiger partial charge in [-0.3, -0.25) is 0 Å². The molecule has 0 bridgehead atoms. The highest BCUT2D eigenvalue weighted by atomic mass is 15.0. The molecule has 0 aliphatic rings. The maximum absolute atomic E-state index is 3.43. The van der Waals surface area contributed by atoms with Gasteiger partial charge in [0, 0.05) is 24.8 Å². The normalized spacial score (nSPS) is 11.1. The molecule has 0 atom stereocenters. The van der Waals surface area contributed by atoms with E-state index >= 15 is 0 Å². The summed E-state index contributed by atoms with van der Waals surface area (Å²) in [6, 6.07) is 10.8. The van der Waals surface area contributed by atoms with Crippen LogP contribution in [0.1, 0.15) is 19.0 Å². The lowest BCUT2D eigenvalue weighted by Crippen LogP contribution is -2.15. The van der Waals surface area contributed by atoms with Crippen LogP contribution < -0.4 is 5.32 Å². The van der Waals surface area contributed by atoms with Crippen LogP contribution in [-0.2, 0) is 13.6 Å². The van der Waals surface area contributed by atoms with Gasteiger partial charge in [0.05, 0.1) is 0 Å². The van der Waals surface area contributed by atoms with E-state index in [2.05, 4.69) is 54.2 Å². The van der Waals surface area contributed by atoms with Crippen molar-refractivity contribution in [1.29, 1.82) is 0 Å².